The number of hydrogen-bond acceptors (Lipinski definition) is 4. The largest absolute Gasteiger partial charge is 0.429 e. The molecule has 7 heteroatoms. The molecule has 1 aromatic heterocycles. The predicted molar refractivity (Wildman–Crippen MR) is 110 cm³/mol. The first-order valence-electron chi connectivity index (χ1n) is 8.49. The fourth-order valence-electron chi connectivity index (χ4n) is 2.72. The van der Waals surface area contributed by atoms with E-state index in [1.54, 1.807) is 66.7 Å². The molecule has 0 radical (unpaired) electrons. The molecule has 0 aliphatic rings. The molecule has 0 unspecified atom stereocenters. The molecule has 4 rings (SSSR count). The summed E-state index contributed by atoms with van der Waals surface area (Å²) in [7, 11) is 0. The number of benzene rings is 3. The zero-order chi connectivity index (χ0) is 19.5. The Kier molecular flexibility index (Phi) is 4.74. The maximum absolute atomic E-state index is 12.5. The summed E-state index contributed by atoms with van der Waals surface area (Å²) >= 11 is 4.95. The lowest BCUT2D eigenvalue weighted by atomic mass is 10.1. The maximum atomic E-state index is 12.5. The number of amides is 2. The second-order valence-electron chi connectivity index (χ2n) is 6.08. The molecule has 0 bridgehead atoms. The van der Waals surface area contributed by atoms with Crippen LogP contribution in [0.15, 0.2) is 77.2 Å². The van der Waals surface area contributed by atoms with E-state index < -0.39 is 0 Å². The molecule has 0 saturated carbocycles. The van der Waals surface area contributed by atoms with Gasteiger partial charge < -0.3 is 20.0 Å². The van der Waals surface area contributed by atoms with Crippen LogP contribution in [0.3, 0.4) is 0 Å². The summed E-state index contributed by atoms with van der Waals surface area (Å²) in [6.45, 7) is 0. The Balaban J connectivity index is 1.44. The SMILES string of the molecule is O=C(Nc1ccc(C(=O)Nc2ccc3[nH]c(=S)oc3c2)cc1)c1ccccc1. The zero-order valence-corrected chi connectivity index (χ0v) is 15.4. The Morgan fingerprint density at radius 1 is 0.786 bits per heavy atom. The van der Waals surface area contributed by atoms with E-state index in [1.165, 1.54) is 0 Å². The molecule has 3 aromatic carbocycles. The zero-order valence-electron chi connectivity index (χ0n) is 14.6. The van der Waals surface area contributed by atoms with Crippen molar-refractivity contribution in [2.45, 2.75) is 0 Å². The molecule has 6 nitrogen and oxygen atoms in total. The van der Waals surface area contributed by atoms with Crippen molar-refractivity contribution >= 4 is 46.5 Å². The standard InChI is InChI=1S/C21H15N3O3S/c25-19(13-4-2-1-3-5-13)22-15-8-6-14(7-9-15)20(26)23-16-10-11-17-18(12-16)27-21(28)24-17/h1-12H,(H,22,25)(H,23,26)(H,24,28). The minimum absolute atomic E-state index is 0.206. The van der Waals surface area contributed by atoms with Gasteiger partial charge in [0.15, 0.2) is 5.58 Å². The first kappa shape index (κ1) is 17.7. The van der Waals surface area contributed by atoms with E-state index >= 15 is 0 Å². The fourth-order valence-corrected chi connectivity index (χ4v) is 2.92. The lowest BCUT2D eigenvalue weighted by Gasteiger charge is -2.08. The molecule has 28 heavy (non-hydrogen) atoms. The van der Waals surface area contributed by atoms with E-state index in [0.29, 0.717) is 28.1 Å². The van der Waals surface area contributed by atoms with Gasteiger partial charge in [-0.25, -0.2) is 0 Å². The molecular weight excluding hydrogens is 374 g/mol. The van der Waals surface area contributed by atoms with Crippen LogP contribution in [0, 0.1) is 4.84 Å². The van der Waals surface area contributed by atoms with Gasteiger partial charge in [0, 0.05) is 28.6 Å². The molecule has 0 atom stereocenters. The van der Waals surface area contributed by atoms with E-state index in [9.17, 15) is 9.59 Å². The highest BCUT2D eigenvalue weighted by atomic mass is 32.1. The highest BCUT2D eigenvalue weighted by Gasteiger charge is 2.09. The van der Waals surface area contributed by atoms with Gasteiger partial charge in [0.25, 0.3) is 16.7 Å². The van der Waals surface area contributed by atoms with Gasteiger partial charge in [-0.2, -0.15) is 0 Å². The third-order valence-corrected chi connectivity index (χ3v) is 4.31. The van der Waals surface area contributed by atoms with Crippen LogP contribution < -0.4 is 10.6 Å². The van der Waals surface area contributed by atoms with Crippen LogP contribution in [0.2, 0.25) is 0 Å². The van der Waals surface area contributed by atoms with Crippen molar-refractivity contribution in [2.24, 2.45) is 0 Å². The van der Waals surface area contributed by atoms with Gasteiger partial charge in [0.1, 0.15) is 0 Å². The Labute approximate surface area is 165 Å². The number of oxazole rings is 1. The van der Waals surface area contributed by atoms with Gasteiger partial charge in [0.05, 0.1) is 5.52 Å². The Morgan fingerprint density at radius 3 is 2.11 bits per heavy atom. The van der Waals surface area contributed by atoms with E-state index in [4.69, 9.17) is 16.6 Å². The predicted octanol–water partition coefficient (Wildman–Crippen LogP) is 4.99. The van der Waals surface area contributed by atoms with Crippen LogP contribution in [0.5, 0.6) is 0 Å². The highest BCUT2D eigenvalue weighted by molar-refractivity contribution is 7.71. The van der Waals surface area contributed by atoms with Gasteiger partial charge in [-0.05, 0) is 60.7 Å². The summed E-state index contributed by atoms with van der Waals surface area (Å²) in [6, 6.07) is 20.8. The Hall–Kier alpha value is -3.71. The number of aromatic nitrogens is 1. The molecule has 0 spiro atoms. The average molecular weight is 389 g/mol. The monoisotopic (exact) mass is 389 g/mol. The highest BCUT2D eigenvalue weighted by Crippen LogP contribution is 2.20. The molecule has 138 valence electrons. The number of fused-ring (bicyclic) bond motifs is 1. The summed E-state index contributed by atoms with van der Waals surface area (Å²) in [6.07, 6.45) is 0. The number of nitrogens with one attached hydrogen (secondary N) is 3. The van der Waals surface area contributed by atoms with Gasteiger partial charge in [-0.3, -0.25) is 9.59 Å². The lowest BCUT2D eigenvalue weighted by molar-refractivity contribution is 0.102. The van der Waals surface area contributed by atoms with Crippen molar-refractivity contribution in [3.05, 3.63) is 88.8 Å². The van der Waals surface area contributed by atoms with E-state index in [1.807, 2.05) is 6.07 Å². The second-order valence-corrected chi connectivity index (χ2v) is 6.45. The van der Waals surface area contributed by atoms with E-state index in [-0.39, 0.29) is 16.7 Å². The number of rotatable bonds is 4. The topological polar surface area (TPSA) is 87.1 Å². The molecule has 1 heterocycles. The number of anilines is 2. The Bertz CT molecular complexity index is 1210. The van der Waals surface area contributed by atoms with Crippen LogP contribution in [0.25, 0.3) is 11.1 Å². The minimum Gasteiger partial charge on any atom is -0.429 e. The maximum Gasteiger partial charge on any atom is 0.266 e. The summed E-state index contributed by atoms with van der Waals surface area (Å²) in [5.74, 6) is -0.475. The third kappa shape index (κ3) is 3.84. The summed E-state index contributed by atoms with van der Waals surface area (Å²) in [4.78, 5) is 27.8. The molecule has 2 amide bonds. The average Bonchev–Trinajstić information content (AvgIpc) is 3.08. The fraction of sp³-hybridized carbons (Fsp3) is 0. The van der Waals surface area contributed by atoms with Crippen molar-refractivity contribution in [1.82, 2.24) is 4.98 Å². The lowest BCUT2D eigenvalue weighted by Crippen LogP contribution is -2.13. The number of hydrogen-bond donors (Lipinski definition) is 3. The van der Waals surface area contributed by atoms with Gasteiger partial charge in [0.2, 0.25) is 0 Å². The second kappa shape index (κ2) is 7.50. The molecule has 4 aromatic rings. The molecule has 0 aliphatic heterocycles. The van der Waals surface area contributed by atoms with Crippen LogP contribution in [0.1, 0.15) is 20.7 Å². The van der Waals surface area contributed by atoms with Crippen molar-refractivity contribution in [1.29, 1.82) is 0 Å². The normalized spacial score (nSPS) is 10.6. The summed E-state index contributed by atoms with van der Waals surface area (Å²) in [5, 5.41) is 5.61. The molecule has 0 fully saturated rings. The molecule has 0 saturated heterocycles. The smallest absolute Gasteiger partial charge is 0.266 e. The molecule has 0 aliphatic carbocycles. The number of carbonyl (C=O) groups excluding carboxylic acids is 2. The summed E-state index contributed by atoms with van der Waals surface area (Å²) in [5.41, 5.74) is 3.57. The van der Waals surface area contributed by atoms with Crippen LogP contribution in [-0.2, 0) is 0 Å². The van der Waals surface area contributed by atoms with Crippen LogP contribution in [0.4, 0.5) is 11.4 Å². The van der Waals surface area contributed by atoms with Crippen molar-refractivity contribution in [3.63, 3.8) is 0 Å². The van der Waals surface area contributed by atoms with Crippen molar-refractivity contribution in [2.75, 3.05) is 10.6 Å². The molecule has 3 N–H and O–H groups in total. The Morgan fingerprint density at radius 2 is 1.39 bits per heavy atom. The van der Waals surface area contributed by atoms with Gasteiger partial charge in [-0.15, -0.1) is 0 Å². The quantitative estimate of drug-likeness (QED) is 0.429. The van der Waals surface area contributed by atoms with Crippen LogP contribution >= 0.6 is 12.2 Å². The number of H-pyrrole nitrogens is 1. The van der Waals surface area contributed by atoms with E-state index in [2.05, 4.69) is 15.6 Å². The van der Waals surface area contributed by atoms with Crippen molar-refractivity contribution < 1.29 is 14.0 Å². The summed E-state index contributed by atoms with van der Waals surface area (Å²) < 4.78 is 5.35. The van der Waals surface area contributed by atoms with Gasteiger partial charge >= 0.3 is 0 Å². The third-order valence-electron chi connectivity index (χ3n) is 4.12. The van der Waals surface area contributed by atoms with Crippen molar-refractivity contribution in [3.8, 4) is 0 Å². The first-order valence-corrected chi connectivity index (χ1v) is 8.90. The van der Waals surface area contributed by atoms with E-state index in [0.717, 1.165) is 5.52 Å². The number of aromatic amines is 1. The van der Waals surface area contributed by atoms with Crippen LogP contribution in [-0.4, -0.2) is 16.8 Å². The van der Waals surface area contributed by atoms with Gasteiger partial charge in [-0.1, -0.05) is 18.2 Å². The number of carbonyl (C=O) groups is 2. The minimum atomic E-state index is -0.269. The first-order chi connectivity index (χ1) is 13.6. The molecular formula is C21H15N3O3S.